The highest BCUT2D eigenvalue weighted by atomic mass is 19.3. The van der Waals surface area contributed by atoms with E-state index in [9.17, 15) is 18.7 Å². The van der Waals surface area contributed by atoms with Gasteiger partial charge >= 0.3 is 5.97 Å². The van der Waals surface area contributed by atoms with Crippen LogP contribution in [0.5, 0.6) is 0 Å². The number of nitrogens with one attached hydrogen (secondary N) is 1. The van der Waals surface area contributed by atoms with Crippen molar-refractivity contribution in [3.8, 4) is 0 Å². The molecule has 6 heteroatoms. The second-order valence-electron chi connectivity index (χ2n) is 4.78. The van der Waals surface area contributed by atoms with Crippen LogP contribution >= 0.6 is 0 Å². The lowest BCUT2D eigenvalue weighted by molar-refractivity contribution is -0.150. The molecule has 4 nitrogen and oxygen atoms in total. The Kier molecular flexibility index (Phi) is 6.04. The SMILES string of the molecule is CC(C)NC(COCC(F)F)(C(=O)O)c1ccccc1. The summed E-state index contributed by atoms with van der Waals surface area (Å²) in [5.74, 6) is -1.16. The normalized spacial score (nSPS) is 14.5. The lowest BCUT2D eigenvalue weighted by atomic mass is 9.90. The van der Waals surface area contributed by atoms with E-state index >= 15 is 0 Å². The van der Waals surface area contributed by atoms with Gasteiger partial charge in [0.25, 0.3) is 6.43 Å². The summed E-state index contributed by atoms with van der Waals surface area (Å²) in [4.78, 5) is 11.7. The van der Waals surface area contributed by atoms with Crippen LogP contribution < -0.4 is 5.32 Å². The molecule has 1 aromatic carbocycles. The molecule has 112 valence electrons. The molecule has 0 bridgehead atoms. The zero-order chi connectivity index (χ0) is 15.2. The van der Waals surface area contributed by atoms with Crippen molar-refractivity contribution in [3.63, 3.8) is 0 Å². The Balaban J connectivity index is 3.05. The number of benzene rings is 1. The molecule has 1 unspecified atom stereocenters. The molecular weight excluding hydrogens is 268 g/mol. The van der Waals surface area contributed by atoms with Crippen molar-refractivity contribution < 1.29 is 23.4 Å². The average Bonchev–Trinajstić information content (AvgIpc) is 2.37. The Bertz CT molecular complexity index is 426. The highest BCUT2D eigenvalue weighted by molar-refractivity contribution is 5.81. The van der Waals surface area contributed by atoms with E-state index in [1.165, 1.54) is 0 Å². The molecule has 0 aliphatic rings. The molecule has 0 aromatic heterocycles. The summed E-state index contributed by atoms with van der Waals surface area (Å²) in [6, 6.07) is 8.27. The zero-order valence-corrected chi connectivity index (χ0v) is 11.5. The lowest BCUT2D eigenvalue weighted by Crippen LogP contribution is -2.55. The van der Waals surface area contributed by atoms with Gasteiger partial charge in [-0.3, -0.25) is 5.32 Å². The molecule has 0 radical (unpaired) electrons. The Morgan fingerprint density at radius 2 is 1.95 bits per heavy atom. The number of carboxylic acid groups (broad SMARTS) is 1. The first-order valence-corrected chi connectivity index (χ1v) is 6.31. The van der Waals surface area contributed by atoms with E-state index in [2.05, 4.69) is 5.32 Å². The van der Waals surface area contributed by atoms with Gasteiger partial charge in [0, 0.05) is 6.04 Å². The predicted octanol–water partition coefficient (Wildman–Crippen LogP) is 2.25. The molecule has 20 heavy (non-hydrogen) atoms. The molecule has 0 heterocycles. The smallest absolute Gasteiger partial charge is 0.331 e. The fourth-order valence-electron chi connectivity index (χ4n) is 1.97. The number of hydrogen-bond donors (Lipinski definition) is 2. The fraction of sp³-hybridized carbons (Fsp3) is 0.500. The topological polar surface area (TPSA) is 58.6 Å². The van der Waals surface area contributed by atoms with Crippen molar-refractivity contribution >= 4 is 5.97 Å². The molecule has 1 aromatic rings. The van der Waals surface area contributed by atoms with Crippen LogP contribution in [-0.2, 0) is 15.1 Å². The third kappa shape index (κ3) is 4.25. The van der Waals surface area contributed by atoms with Gasteiger partial charge in [0.15, 0.2) is 5.54 Å². The second-order valence-corrected chi connectivity index (χ2v) is 4.78. The van der Waals surface area contributed by atoms with Gasteiger partial charge in [-0.15, -0.1) is 0 Å². The molecule has 0 aliphatic carbocycles. The van der Waals surface area contributed by atoms with Gasteiger partial charge < -0.3 is 9.84 Å². The average molecular weight is 287 g/mol. The Hall–Kier alpha value is -1.53. The molecule has 0 spiro atoms. The second kappa shape index (κ2) is 7.31. The minimum Gasteiger partial charge on any atom is -0.480 e. The van der Waals surface area contributed by atoms with E-state index in [4.69, 9.17) is 4.74 Å². The molecule has 0 aliphatic heterocycles. The minimum atomic E-state index is -2.63. The summed E-state index contributed by atoms with van der Waals surface area (Å²) in [7, 11) is 0. The number of alkyl halides is 2. The maximum absolute atomic E-state index is 12.2. The summed E-state index contributed by atoms with van der Waals surface area (Å²) < 4.78 is 29.3. The fourth-order valence-corrected chi connectivity index (χ4v) is 1.97. The molecular formula is C14H19F2NO3. The number of carbonyl (C=O) groups is 1. The van der Waals surface area contributed by atoms with Crippen LogP contribution in [-0.4, -0.2) is 36.8 Å². The van der Waals surface area contributed by atoms with Gasteiger partial charge in [-0.1, -0.05) is 30.3 Å². The first-order chi connectivity index (χ1) is 9.38. The summed E-state index contributed by atoms with van der Waals surface area (Å²) in [6.45, 7) is 2.41. The molecule has 2 N–H and O–H groups in total. The van der Waals surface area contributed by atoms with Crippen molar-refractivity contribution in [2.45, 2.75) is 31.9 Å². The maximum Gasteiger partial charge on any atom is 0.331 e. The Morgan fingerprint density at radius 3 is 2.40 bits per heavy atom. The standard InChI is InChI=1S/C14H19F2NO3/c1-10(2)17-14(13(18)19,9-20-8-12(15)16)11-6-4-3-5-7-11/h3-7,10,12,17H,8-9H2,1-2H3,(H,18,19). The number of ether oxygens (including phenoxy) is 1. The molecule has 1 atom stereocenters. The first-order valence-electron chi connectivity index (χ1n) is 6.31. The van der Waals surface area contributed by atoms with Gasteiger partial charge in [-0.25, -0.2) is 13.6 Å². The Morgan fingerprint density at radius 1 is 1.35 bits per heavy atom. The predicted molar refractivity (Wildman–Crippen MR) is 70.9 cm³/mol. The van der Waals surface area contributed by atoms with Crippen LogP contribution in [0.4, 0.5) is 8.78 Å². The van der Waals surface area contributed by atoms with Crippen molar-refractivity contribution in [2.75, 3.05) is 13.2 Å². The van der Waals surface area contributed by atoms with E-state index in [1.54, 1.807) is 44.2 Å². The molecule has 1 rings (SSSR count). The highest BCUT2D eigenvalue weighted by Gasteiger charge is 2.41. The molecule has 0 saturated carbocycles. The molecule has 0 amide bonds. The van der Waals surface area contributed by atoms with E-state index in [-0.39, 0.29) is 12.6 Å². The largest absolute Gasteiger partial charge is 0.480 e. The van der Waals surface area contributed by atoms with E-state index in [1.807, 2.05) is 0 Å². The number of carboxylic acids is 1. The highest BCUT2D eigenvalue weighted by Crippen LogP contribution is 2.23. The summed E-state index contributed by atoms with van der Waals surface area (Å²) >= 11 is 0. The van der Waals surface area contributed by atoms with Gasteiger partial charge in [0.2, 0.25) is 0 Å². The first kappa shape index (κ1) is 16.5. The summed E-state index contributed by atoms with van der Waals surface area (Å²) in [5, 5.41) is 12.5. The maximum atomic E-state index is 12.2. The minimum absolute atomic E-state index is 0.151. The quantitative estimate of drug-likeness (QED) is 0.770. The van der Waals surface area contributed by atoms with Crippen molar-refractivity contribution in [2.24, 2.45) is 0 Å². The van der Waals surface area contributed by atoms with Gasteiger partial charge in [-0.05, 0) is 19.4 Å². The summed E-state index contributed by atoms with van der Waals surface area (Å²) in [5.41, 5.74) is -1.07. The van der Waals surface area contributed by atoms with E-state index in [0.29, 0.717) is 5.56 Å². The number of aliphatic carboxylic acids is 1. The van der Waals surface area contributed by atoms with Crippen LogP contribution in [0, 0.1) is 0 Å². The number of hydrogen-bond acceptors (Lipinski definition) is 3. The van der Waals surface area contributed by atoms with Gasteiger partial charge in [0.05, 0.1) is 6.61 Å². The van der Waals surface area contributed by atoms with E-state index in [0.717, 1.165) is 0 Å². The third-order valence-corrected chi connectivity index (χ3v) is 2.73. The number of rotatable bonds is 8. The molecule has 0 fully saturated rings. The lowest BCUT2D eigenvalue weighted by Gasteiger charge is -2.33. The Labute approximate surface area is 116 Å². The van der Waals surface area contributed by atoms with Gasteiger partial charge in [0.1, 0.15) is 6.61 Å². The van der Waals surface area contributed by atoms with Crippen LogP contribution in [0.15, 0.2) is 30.3 Å². The van der Waals surface area contributed by atoms with Crippen molar-refractivity contribution in [1.82, 2.24) is 5.32 Å². The van der Waals surface area contributed by atoms with Crippen LogP contribution in [0.2, 0.25) is 0 Å². The van der Waals surface area contributed by atoms with E-state index < -0.39 is 24.5 Å². The summed E-state index contributed by atoms with van der Waals surface area (Å²) in [6.07, 6.45) is -2.63. The number of halogens is 2. The third-order valence-electron chi connectivity index (χ3n) is 2.73. The van der Waals surface area contributed by atoms with Crippen LogP contribution in [0.3, 0.4) is 0 Å². The zero-order valence-electron chi connectivity index (χ0n) is 11.5. The molecule has 0 saturated heterocycles. The van der Waals surface area contributed by atoms with Crippen molar-refractivity contribution in [3.05, 3.63) is 35.9 Å². The van der Waals surface area contributed by atoms with Crippen LogP contribution in [0.25, 0.3) is 0 Å². The van der Waals surface area contributed by atoms with Gasteiger partial charge in [-0.2, -0.15) is 0 Å². The van der Waals surface area contributed by atoms with Crippen LogP contribution in [0.1, 0.15) is 19.4 Å². The van der Waals surface area contributed by atoms with Crippen molar-refractivity contribution in [1.29, 1.82) is 0 Å². The monoisotopic (exact) mass is 287 g/mol.